The number of quaternary nitrogens is 1. The molecule has 0 fully saturated rings. The van der Waals surface area contributed by atoms with Crippen LogP contribution in [0.3, 0.4) is 0 Å². The molecule has 0 amide bonds. The zero-order chi connectivity index (χ0) is 26.4. The van der Waals surface area contributed by atoms with Crippen molar-refractivity contribution in [3.8, 4) is 0 Å². The third-order valence-electron chi connectivity index (χ3n) is 4.90. The molecule has 0 bridgehead atoms. The zero-order valence-corrected chi connectivity index (χ0v) is 23.1. The third kappa shape index (κ3) is 25.6. The second kappa shape index (κ2) is 20.9. The van der Waals surface area contributed by atoms with Gasteiger partial charge in [-0.3, -0.25) is 9.36 Å². The maximum atomic E-state index is 11.8. The van der Waals surface area contributed by atoms with Crippen molar-refractivity contribution in [2.75, 3.05) is 47.5 Å². The topological polar surface area (TPSA) is 105 Å². The quantitative estimate of drug-likeness (QED) is 0.0730. The van der Waals surface area contributed by atoms with E-state index in [2.05, 4.69) is 47.9 Å². The van der Waals surface area contributed by atoms with Crippen molar-refractivity contribution >= 4 is 13.8 Å². The first-order chi connectivity index (χ1) is 16.6. The van der Waals surface area contributed by atoms with E-state index in [-0.39, 0.29) is 19.6 Å². The molecular formula is C26H48NO7P. The van der Waals surface area contributed by atoms with Gasteiger partial charge in [0.2, 0.25) is 0 Å². The maximum Gasteiger partial charge on any atom is 0.305 e. The predicted octanol–water partition coefficient (Wildman–Crippen LogP) is 4.69. The molecule has 0 spiro atoms. The van der Waals surface area contributed by atoms with Gasteiger partial charge >= 0.3 is 5.97 Å². The molecule has 0 aromatic carbocycles. The number of aliphatic hydroxyl groups is 1. The first-order valence-electron chi connectivity index (χ1n) is 12.7. The molecule has 204 valence electrons. The molecule has 0 heterocycles. The monoisotopic (exact) mass is 517 g/mol. The molecule has 35 heavy (non-hydrogen) atoms. The zero-order valence-electron chi connectivity index (χ0n) is 22.2. The van der Waals surface area contributed by atoms with E-state index in [1.54, 1.807) is 0 Å². The van der Waals surface area contributed by atoms with Crippen LogP contribution in [0.5, 0.6) is 0 Å². The van der Waals surface area contributed by atoms with Crippen LogP contribution in [-0.4, -0.2) is 69.2 Å². The number of ether oxygens (including phenoxy) is 1. The minimum atomic E-state index is -4.50. The van der Waals surface area contributed by atoms with Crippen LogP contribution in [0.2, 0.25) is 0 Å². The molecule has 0 saturated carbocycles. The van der Waals surface area contributed by atoms with Gasteiger partial charge in [-0.05, 0) is 38.5 Å². The maximum absolute atomic E-state index is 11.8. The van der Waals surface area contributed by atoms with Gasteiger partial charge in [0.15, 0.2) is 0 Å². The Morgan fingerprint density at radius 2 is 1.51 bits per heavy atom. The van der Waals surface area contributed by atoms with Gasteiger partial charge in [0.25, 0.3) is 7.82 Å². The van der Waals surface area contributed by atoms with Crippen LogP contribution in [0, 0.1) is 0 Å². The van der Waals surface area contributed by atoms with Gasteiger partial charge in [-0.25, -0.2) is 0 Å². The Morgan fingerprint density at radius 1 is 0.914 bits per heavy atom. The number of hydrogen-bond donors (Lipinski definition) is 1. The number of carbonyl (C=O) groups excluding carboxylic acids is 1. The SMILES string of the molecule is CC/C=C/C/C=C/C/C=C/CCCCCCCC(=O)OCC(O)COP(=O)([O-])OCC[N+](C)(C)C. The molecule has 9 heteroatoms. The molecule has 8 nitrogen and oxygen atoms in total. The lowest BCUT2D eigenvalue weighted by molar-refractivity contribution is -0.870. The minimum Gasteiger partial charge on any atom is -0.756 e. The summed E-state index contributed by atoms with van der Waals surface area (Å²) < 4.78 is 26.6. The van der Waals surface area contributed by atoms with Crippen molar-refractivity contribution < 1.29 is 37.6 Å². The highest BCUT2D eigenvalue weighted by Gasteiger charge is 2.16. The van der Waals surface area contributed by atoms with E-state index in [1.165, 1.54) is 0 Å². The number of unbranched alkanes of at least 4 members (excludes halogenated alkanes) is 5. The lowest BCUT2D eigenvalue weighted by atomic mass is 10.1. The van der Waals surface area contributed by atoms with Crippen LogP contribution < -0.4 is 4.89 Å². The molecule has 0 aliphatic heterocycles. The van der Waals surface area contributed by atoms with E-state index in [4.69, 9.17) is 9.26 Å². The lowest BCUT2D eigenvalue weighted by Gasteiger charge is -2.27. The summed E-state index contributed by atoms with van der Waals surface area (Å²) in [6.07, 6.45) is 21.3. The van der Waals surface area contributed by atoms with E-state index in [9.17, 15) is 19.4 Å². The van der Waals surface area contributed by atoms with Crippen molar-refractivity contribution in [1.82, 2.24) is 0 Å². The molecule has 0 aliphatic carbocycles. The molecule has 2 unspecified atom stereocenters. The number of esters is 1. The summed E-state index contributed by atoms with van der Waals surface area (Å²) in [4.78, 5) is 23.5. The normalized spacial score (nSPS) is 15.3. The van der Waals surface area contributed by atoms with Crippen molar-refractivity contribution in [2.45, 2.75) is 77.2 Å². The Hall–Kier alpha value is -1.28. The molecule has 0 aromatic rings. The van der Waals surface area contributed by atoms with Gasteiger partial charge in [0, 0.05) is 6.42 Å². The van der Waals surface area contributed by atoms with Gasteiger partial charge in [-0.15, -0.1) is 0 Å². The fourth-order valence-corrected chi connectivity index (χ4v) is 3.57. The van der Waals surface area contributed by atoms with Crippen molar-refractivity contribution in [2.24, 2.45) is 0 Å². The summed E-state index contributed by atoms with van der Waals surface area (Å²) in [5, 5.41) is 9.79. The largest absolute Gasteiger partial charge is 0.756 e. The van der Waals surface area contributed by atoms with Crippen molar-refractivity contribution in [1.29, 1.82) is 0 Å². The molecule has 0 aromatic heterocycles. The summed E-state index contributed by atoms with van der Waals surface area (Å²) in [6.45, 7) is 1.78. The van der Waals surface area contributed by atoms with Crippen LogP contribution in [0.1, 0.15) is 71.1 Å². The average Bonchev–Trinajstić information content (AvgIpc) is 2.78. The predicted molar refractivity (Wildman–Crippen MR) is 139 cm³/mol. The smallest absolute Gasteiger partial charge is 0.305 e. The van der Waals surface area contributed by atoms with Crippen LogP contribution in [-0.2, 0) is 23.1 Å². The highest BCUT2D eigenvalue weighted by molar-refractivity contribution is 7.45. The first kappa shape index (κ1) is 33.7. The minimum absolute atomic E-state index is 0.0128. The van der Waals surface area contributed by atoms with E-state index in [0.717, 1.165) is 57.8 Å². The molecule has 0 saturated heterocycles. The number of carbonyl (C=O) groups is 1. The molecule has 1 N–H and O–H groups in total. The van der Waals surface area contributed by atoms with Gasteiger partial charge in [-0.2, -0.15) is 0 Å². The second-order valence-electron chi connectivity index (χ2n) is 9.53. The summed E-state index contributed by atoms with van der Waals surface area (Å²) in [5.74, 6) is -0.408. The van der Waals surface area contributed by atoms with Crippen LogP contribution >= 0.6 is 7.82 Å². The van der Waals surface area contributed by atoms with Crippen LogP contribution in [0.4, 0.5) is 0 Å². The van der Waals surface area contributed by atoms with E-state index < -0.39 is 26.5 Å². The first-order valence-corrected chi connectivity index (χ1v) is 14.2. The van der Waals surface area contributed by atoms with Gasteiger partial charge in [-0.1, -0.05) is 62.6 Å². The van der Waals surface area contributed by atoms with Crippen molar-refractivity contribution in [3.05, 3.63) is 36.5 Å². The number of nitrogens with zero attached hydrogens (tertiary/aromatic N) is 1. The third-order valence-corrected chi connectivity index (χ3v) is 5.87. The van der Waals surface area contributed by atoms with Gasteiger partial charge in [0.1, 0.15) is 25.9 Å². The van der Waals surface area contributed by atoms with Crippen LogP contribution in [0.15, 0.2) is 36.5 Å². The standard InChI is InChI=1S/C26H48NO7P/c1-5-6-7-8-9-10-11-12-13-14-15-16-17-18-19-20-26(29)32-23-25(28)24-34-35(30,31)33-22-21-27(2,3)4/h6-7,9-10,12-13,25,28H,5,8,11,14-24H2,1-4H3/b7-6+,10-9+,13-12+. The number of phosphoric ester groups is 1. The molecule has 0 radical (unpaired) electrons. The van der Waals surface area contributed by atoms with Crippen molar-refractivity contribution in [3.63, 3.8) is 0 Å². The number of phosphoric acid groups is 1. The highest BCUT2D eigenvalue weighted by atomic mass is 31.2. The molecule has 0 aliphatic rings. The Bertz CT molecular complexity index is 671. The molecule has 2 atom stereocenters. The second-order valence-corrected chi connectivity index (χ2v) is 10.9. The van der Waals surface area contributed by atoms with E-state index in [1.807, 2.05) is 21.1 Å². The Balaban J connectivity index is 3.66. The Labute approximate surface area is 212 Å². The number of likely N-dealkylation sites (N-methyl/N-ethyl adjacent to an activating group) is 1. The summed E-state index contributed by atoms with van der Waals surface area (Å²) in [6, 6.07) is 0. The number of hydrogen-bond acceptors (Lipinski definition) is 7. The molecule has 0 rings (SSSR count). The summed E-state index contributed by atoms with van der Waals surface area (Å²) in [7, 11) is 1.23. The Morgan fingerprint density at radius 3 is 2.17 bits per heavy atom. The fraction of sp³-hybridized carbons (Fsp3) is 0.731. The average molecular weight is 518 g/mol. The van der Waals surface area contributed by atoms with E-state index in [0.29, 0.717) is 11.0 Å². The highest BCUT2D eigenvalue weighted by Crippen LogP contribution is 2.38. The summed E-state index contributed by atoms with van der Waals surface area (Å²) in [5.41, 5.74) is 0. The number of rotatable bonds is 22. The van der Waals surface area contributed by atoms with E-state index >= 15 is 0 Å². The number of allylic oxidation sites excluding steroid dienone is 6. The molecular weight excluding hydrogens is 469 g/mol. The van der Waals surface area contributed by atoms with Gasteiger partial charge < -0.3 is 28.3 Å². The number of aliphatic hydroxyl groups excluding tert-OH is 1. The lowest BCUT2D eigenvalue weighted by Crippen LogP contribution is -2.37. The fourth-order valence-electron chi connectivity index (χ4n) is 2.84. The summed E-state index contributed by atoms with van der Waals surface area (Å²) >= 11 is 0. The van der Waals surface area contributed by atoms with Gasteiger partial charge in [0.05, 0.1) is 27.7 Å². The van der Waals surface area contributed by atoms with Crippen LogP contribution in [0.25, 0.3) is 0 Å². The Kier molecular flexibility index (Phi) is 20.1.